The average Bonchev–Trinajstić information content (AvgIpc) is 3.03. The molecule has 0 saturated heterocycles. The molecular formula is C14H15NO3S. The second-order valence-corrected chi connectivity index (χ2v) is 6.10. The fourth-order valence-electron chi connectivity index (χ4n) is 2.76. The molecule has 1 aromatic rings. The van der Waals surface area contributed by atoms with Gasteiger partial charge >= 0.3 is 5.97 Å². The summed E-state index contributed by atoms with van der Waals surface area (Å²) in [7, 11) is 0. The van der Waals surface area contributed by atoms with Crippen molar-refractivity contribution in [2.75, 3.05) is 5.32 Å². The molecule has 100 valence electrons. The second-order valence-electron chi connectivity index (χ2n) is 5.00. The summed E-state index contributed by atoms with van der Waals surface area (Å²) in [6.07, 6.45) is 8.25. The number of carbonyl (C=O) groups excluding carboxylic acids is 1. The lowest BCUT2D eigenvalue weighted by Crippen LogP contribution is -2.21. The molecule has 1 heterocycles. The molecule has 0 aliphatic heterocycles. The van der Waals surface area contributed by atoms with Gasteiger partial charge in [0.25, 0.3) is 0 Å². The molecule has 0 bridgehead atoms. The first-order valence-corrected chi connectivity index (χ1v) is 7.32. The van der Waals surface area contributed by atoms with Crippen molar-refractivity contribution in [1.29, 1.82) is 0 Å². The molecule has 0 fully saturated rings. The minimum atomic E-state index is -0.931. The van der Waals surface area contributed by atoms with E-state index in [1.807, 2.05) is 12.2 Å². The summed E-state index contributed by atoms with van der Waals surface area (Å²) in [5, 5.41) is 12.7. The van der Waals surface area contributed by atoms with Crippen LogP contribution in [0.15, 0.2) is 12.2 Å². The molecule has 1 amide bonds. The topological polar surface area (TPSA) is 66.4 Å². The average molecular weight is 277 g/mol. The van der Waals surface area contributed by atoms with Gasteiger partial charge in [0, 0.05) is 10.8 Å². The van der Waals surface area contributed by atoms with Crippen molar-refractivity contribution in [2.24, 2.45) is 5.92 Å². The van der Waals surface area contributed by atoms with Crippen LogP contribution < -0.4 is 5.32 Å². The highest BCUT2D eigenvalue weighted by molar-refractivity contribution is 7.17. The Morgan fingerprint density at radius 3 is 2.68 bits per heavy atom. The summed E-state index contributed by atoms with van der Waals surface area (Å²) >= 11 is 1.43. The van der Waals surface area contributed by atoms with Crippen molar-refractivity contribution >= 4 is 28.2 Å². The maximum atomic E-state index is 12.1. The highest BCUT2D eigenvalue weighted by Gasteiger charge is 2.28. The number of amides is 1. The van der Waals surface area contributed by atoms with Gasteiger partial charge in [0.1, 0.15) is 5.00 Å². The number of aryl methyl sites for hydroxylation is 1. The zero-order valence-corrected chi connectivity index (χ0v) is 11.3. The van der Waals surface area contributed by atoms with Crippen LogP contribution in [-0.2, 0) is 17.6 Å². The zero-order chi connectivity index (χ0) is 13.4. The van der Waals surface area contributed by atoms with Gasteiger partial charge in [0.05, 0.1) is 5.56 Å². The monoisotopic (exact) mass is 277 g/mol. The van der Waals surface area contributed by atoms with Gasteiger partial charge in [0.15, 0.2) is 0 Å². The minimum Gasteiger partial charge on any atom is -0.478 e. The Hall–Kier alpha value is -1.62. The van der Waals surface area contributed by atoms with Gasteiger partial charge in [-0.15, -0.1) is 11.3 Å². The molecule has 0 radical (unpaired) electrons. The van der Waals surface area contributed by atoms with Crippen LogP contribution >= 0.6 is 11.3 Å². The number of hydrogen-bond donors (Lipinski definition) is 2. The smallest absolute Gasteiger partial charge is 0.339 e. The van der Waals surface area contributed by atoms with Gasteiger partial charge in [-0.05, 0) is 37.7 Å². The maximum absolute atomic E-state index is 12.1. The van der Waals surface area contributed by atoms with E-state index in [2.05, 4.69) is 5.32 Å². The zero-order valence-electron chi connectivity index (χ0n) is 10.4. The van der Waals surface area contributed by atoms with Crippen LogP contribution in [0.5, 0.6) is 0 Å². The van der Waals surface area contributed by atoms with E-state index in [1.165, 1.54) is 11.3 Å². The molecule has 0 atom stereocenters. The van der Waals surface area contributed by atoms with Crippen molar-refractivity contribution in [3.8, 4) is 0 Å². The van der Waals surface area contributed by atoms with Crippen molar-refractivity contribution in [2.45, 2.75) is 32.1 Å². The van der Waals surface area contributed by atoms with Gasteiger partial charge in [-0.25, -0.2) is 4.79 Å². The van der Waals surface area contributed by atoms with Gasteiger partial charge in [-0.2, -0.15) is 0 Å². The number of anilines is 1. The normalized spacial score (nSPS) is 17.7. The molecule has 19 heavy (non-hydrogen) atoms. The van der Waals surface area contributed by atoms with E-state index in [0.29, 0.717) is 10.6 Å². The van der Waals surface area contributed by atoms with Crippen LogP contribution in [0.25, 0.3) is 0 Å². The first kappa shape index (κ1) is 12.4. The standard InChI is InChI=1S/C14H15NO3S/c16-12(8-4-1-2-5-8)15-13-11(14(17)18)9-6-3-7-10(9)19-13/h1-2,8H,3-7H2,(H,15,16)(H,17,18). The fourth-order valence-corrected chi connectivity index (χ4v) is 4.05. The molecule has 2 aliphatic carbocycles. The third-order valence-electron chi connectivity index (χ3n) is 3.75. The predicted octanol–water partition coefficient (Wildman–Crippen LogP) is 2.84. The van der Waals surface area contributed by atoms with Gasteiger partial charge < -0.3 is 10.4 Å². The maximum Gasteiger partial charge on any atom is 0.339 e. The molecule has 0 aromatic carbocycles. The van der Waals surface area contributed by atoms with Crippen LogP contribution in [0.1, 0.15) is 40.1 Å². The number of aromatic carboxylic acids is 1. The summed E-state index contributed by atoms with van der Waals surface area (Å²) in [4.78, 5) is 24.6. The fraction of sp³-hybridized carbons (Fsp3) is 0.429. The number of carboxylic acid groups (broad SMARTS) is 1. The molecule has 2 N–H and O–H groups in total. The van der Waals surface area contributed by atoms with E-state index >= 15 is 0 Å². The Labute approximate surface area is 115 Å². The van der Waals surface area contributed by atoms with Gasteiger partial charge in [-0.1, -0.05) is 12.2 Å². The third kappa shape index (κ3) is 2.18. The van der Waals surface area contributed by atoms with E-state index in [9.17, 15) is 14.7 Å². The Bertz CT molecular complexity index is 565. The van der Waals surface area contributed by atoms with Gasteiger partial charge in [0.2, 0.25) is 5.91 Å². The second kappa shape index (κ2) is 4.81. The van der Waals surface area contributed by atoms with Crippen LogP contribution in [-0.4, -0.2) is 17.0 Å². The Balaban J connectivity index is 1.84. The number of allylic oxidation sites excluding steroid dienone is 2. The quantitative estimate of drug-likeness (QED) is 0.835. The lowest BCUT2D eigenvalue weighted by atomic mass is 10.1. The SMILES string of the molecule is O=C(O)c1c(NC(=O)C2CC=CC2)sc2c1CCC2. The van der Waals surface area contributed by atoms with E-state index in [4.69, 9.17) is 0 Å². The Kier molecular flexibility index (Phi) is 3.14. The molecular weight excluding hydrogens is 262 g/mol. The van der Waals surface area contributed by atoms with Crippen LogP contribution in [0.2, 0.25) is 0 Å². The number of thiophene rings is 1. The summed E-state index contributed by atoms with van der Waals surface area (Å²) in [6.45, 7) is 0. The van der Waals surface area contributed by atoms with Crippen LogP contribution in [0.3, 0.4) is 0 Å². The first-order valence-electron chi connectivity index (χ1n) is 6.50. The van der Waals surface area contributed by atoms with E-state index < -0.39 is 5.97 Å². The molecule has 2 aliphatic rings. The molecule has 0 saturated carbocycles. The van der Waals surface area contributed by atoms with Crippen molar-refractivity contribution in [3.05, 3.63) is 28.2 Å². The summed E-state index contributed by atoms with van der Waals surface area (Å²) in [5.74, 6) is -1.04. The molecule has 0 unspecified atom stereocenters. The molecule has 1 aromatic heterocycles. The predicted molar refractivity (Wildman–Crippen MR) is 73.8 cm³/mol. The van der Waals surface area contributed by atoms with Gasteiger partial charge in [-0.3, -0.25) is 4.79 Å². The first-order chi connectivity index (χ1) is 9.16. The summed E-state index contributed by atoms with van der Waals surface area (Å²) in [6, 6.07) is 0. The van der Waals surface area contributed by atoms with Crippen LogP contribution in [0, 0.1) is 5.92 Å². The number of carboxylic acids is 1. The van der Waals surface area contributed by atoms with E-state index in [0.717, 1.165) is 42.5 Å². The number of carbonyl (C=O) groups is 2. The number of fused-ring (bicyclic) bond motifs is 1. The lowest BCUT2D eigenvalue weighted by molar-refractivity contribution is -0.119. The molecule has 4 nitrogen and oxygen atoms in total. The largest absolute Gasteiger partial charge is 0.478 e. The highest BCUT2D eigenvalue weighted by Crippen LogP contribution is 2.39. The van der Waals surface area contributed by atoms with Crippen molar-refractivity contribution in [1.82, 2.24) is 0 Å². The number of nitrogens with one attached hydrogen (secondary N) is 1. The highest BCUT2D eigenvalue weighted by atomic mass is 32.1. The van der Waals surface area contributed by atoms with Crippen molar-refractivity contribution < 1.29 is 14.7 Å². The minimum absolute atomic E-state index is 0.0430. The number of hydrogen-bond acceptors (Lipinski definition) is 3. The van der Waals surface area contributed by atoms with E-state index in [-0.39, 0.29) is 11.8 Å². The summed E-state index contributed by atoms with van der Waals surface area (Å²) in [5.41, 5.74) is 1.24. The summed E-state index contributed by atoms with van der Waals surface area (Å²) < 4.78 is 0. The molecule has 5 heteroatoms. The number of rotatable bonds is 3. The van der Waals surface area contributed by atoms with E-state index in [1.54, 1.807) is 0 Å². The lowest BCUT2D eigenvalue weighted by Gasteiger charge is -2.10. The third-order valence-corrected chi connectivity index (χ3v) is 4.96. The van der Waals surface area contributed by atoms with Crippen LogP contribution in [0.4, 0.5) is 5.00 Å². The Morgan fingerprint density at radius 1 is 1.26 bits per heavy atom. The molecule has 3 rings (SSSR count). The molecule has 0 spiro atoms. The Morgan fingerprint density at radius 2 is 2.00 bits per heavy atom. The van der Waals surface area contributed by atoms with Crippen molar-refractivity contribution in [3.63, 3.8) is 0 Å².